The number of nitrogens with one attached hydrogen (secondary N) is 3. The van der Waals surface area contributed by atoms with E-state index in [1.807, 2.05) is 43.3 Å². The van der Waals surface area contributed by atoms with E-state index in [0.717, 1.165) is 43.5 Å². The minimum atomic E-state index is -0.168. The second-order valence-corrected chi connectivity index (χ2v) is 7.48. The van der Waals surface area contributed by atoms with E-state index < -0.39 is 0 Å². The number of unbranched alkanes of at least 4 members (excludes halogenated alkanes) is 1. The first-order chi connectivity index (χ1) is 13.6. The van der Waals surface area contributed by atoms with E-state index in [-0.39, 0.29) is 18.0 Å². The molecule has 2 aromatic rings. The van der Waals surface area contributed by atoms with Crippen LogP contribution in [0.5, 0.6) is 0 Å². The number of likely N-dealkylation sites (N-methyl/N-ethyl adjacent to an activating group) is 1. The Hall–Kier alpha value is -2.17. The van der Waals surface area contributed by atoms with Crippen molar-refractivity contribution in [1.29, 1.82) is 0 Å². The number of benzene rings is 2. The first-order valence-electron chi connectivity index (χ1n) is 10.5. The standard InChI is InChI=1S/C24H35N3O/c1-4-25-22(17-11-12-18-26-19(2)3)24(28)27-23(20-13-7-5-8-14-20)21-15-9-6-10-16-21/h5-10,13-16,19,22-23,25-26H,4,11-12,17-18H2,1-3H3,(H,27,28)/t22-/m0/s1. The molecular weight excluding hydrogens is 346 g/mol. The van der Waals surface area contributed by atoms with Crippen molar-refractivity contribution >= 4 is 5.91 Å². The summed E-state index contributed by atoms with van der Waals surface area (Å²) >= 11 is 0. The normalized spacial score (nSPS) is 12.3. The lowest BCUT2D eigenvalue weighted by molar-refractivity contribution is -0.123. The Bertz CT molecular complexity index is 633. The van der Waals surface area contributed by atoms with Gasteiger partial charge >= 0.3 is 0 Å². The lowest BCUT2D eigenvalue weighted by Gasteiger charge is -2.24. The number of hydrogen-bond acceptors (Lipinski definition) is 3. The second kappa shape index (κ2) is 12.3. The zero-order chi connectivity index (χ0) is 20.2. The van der Waals surface area contributed by atoms with Crippen molar-refractivity contribution in [3.8, 4) is 0 Å². The number of rotatable bonds is 12. The van der Waals surface area contributed by atoms with E-state index in [1.54, 1.807) is 0 Å². The molecule has 2 rings (SSSR count). The Kier molecular flexibility index (Phi) is 9.73. The van der Waals surface area contributed by atoms with E-state index in [2.05, 4.69) is 54.1 Å². The molecule has 152 valence electrons. The highest BCUT2D eigenvalue weighted by molar-refractivity contribution is 5.82. The Morgan fingerprint density at radius 1 is 0.857 bits per heavy atom. The van der Waals surface area contributed by atoms with Gasteiger partial charge in [0.25, 0.3) is 0 Å². The summed E-state index contributed by atoms with van der Waals surface area (Å²) in [5.41, 5.74) is 2.19. The molecule has 3 N–H and O–H groups in total. The van der Waals surface area contributed by atoms with Gasteiger partial charge in [0, 0.05) is 6.04 Å². The molecule has 1 amide bonds. The summed E-state index contributed by atoms with van der Waals surface area (Å²) in [6.07, 6.45) is 2.94. The van der Waals surface area contributed by atoms with Gasteiger partial charge in [-0.2, -0.15) is 0 Å². The molecule has 0 bridgehead atoms. The summed E-state index contributed by atoms with van der Waals surface area (Å²) in [5, 5.41) is 10.1. The molecular formula is C24H35N3O. The van der Waals surface area contributed by atoms with Gasteiger partial charge in [0.15, 0.2) is 0 Å². The van der Waals surface area contributed by atoms with E-state index in [1.165, 1.54) is 0 Å². The average Bonchev–Trinajstić information content (AvgIpc) is 2.72. The van der Waals surface area contributed by atoms with Crippen LogP contribution in [0.4, 0.5) is 0 Å². The lowest BCUT2D eigenvalue weighted by atomic mass is 9.98. The predicted octanol–water partition coefficient (Wildman–Crippen LogP) is 4.04. The molecule has 4 nitrogen and oxygen atoms in total. The smallest absolute Gasteiger partial charge is 0.237 e. The van der Waals surface area contributed by atoms with Crippen molar-refractivity contribution in [2.75, 3.05) is 13.1 Å². The highest BCUT2D eigenvalue weighted by Gasteiger charge is 2.22. The van der Waals surface area contributed by atoms with Gasteiger partial charge in [-0.15, -0.1) is 0 Å². The van der Waals surface area contributed by atoms with Crippen LogP contribution in [-0.4, -0.2) is 31.1 Å². The van der Waals surface area contributed by atoms with Crippen molar-refractivity contribution < 1.29 is 4.79 Å². The molecule has 4 heteroatoms. The fourth-order valence-electron chi connectivity index (χ4n) is 3.33. The van der Waals surface area contributed by atoms with Gasteiger partial charge in [-0.25, -0.2) is 0 Å². The zero-order valence-electron chi connectivity index (χ0n) is 17.4. The Balaban J connectivity index is 2.03. The molecule has 28 heavy (non-hydrogen) atoms. The maximum atomic E-state index is 13.1. The molecule has 0 saturated heterocycles. The summed E-state index contributed by atoms with van der Waals surface area (Å²) in [4.78, 5) is 13.1. The van der Waals surface area contributed by atoms with Gasteiger partial charge < -0.3 is 16.0 Å². The second-order valence-electron chi connectivity index (χ2n) is 7.48. The average molecular weight is 382 g/mol. The number of carbonyl (C=O) groups excluding carboxylic acids is 1. The minimum Gasteiger partial charge on any atom is -0.344 e. The molecule has 1 atom stereocenters. The van der Waals surface area contributed by atoms with Gasteiger partial charge in [-0.3, -0.25) is 4.79 Å². The lowest BCUT2D eigenvalue weighted by Crippen LogP contribution is -2.45. The highest BCUT2D eigenvalue weighted by atomic mass is 16.2. The zero-order valence-corrected chi connectivity index (χ0v) is 17.4. The summed E-state index contributed by atoms with van der Waals surface area (Å²) in [6, 6.07) is 20.5. The van der Waals surface area contributed by atoms with Gasteiger partial charge in [0.2, 0.25) is 5.91 Å². The fourth-order valence-corrected chi connectivity index (χ4v) is 3.33. The molecule has 0 fully saturated rings. The molecule has 0 unspecified atom stereocenters. The minimum absolute atomic E-state index is 0.0661. The number of carbonyl (C=O) groups is 1. The molecule has 0 spiro atoms. The maximum absolute atomic E-state index is 13.1. The predicted molar refractivity (Wildman–Crippen MR) is 117 cm³/mol. The molecule has 0 radical (unpaired) electrons. The molecule has 2 aromatic carbocycles. The molecule has 0 aromatic heterocycles. The van der Waals surface area contributed by atoms with Gasteiger partial charge in [-0.05, 0) is 37.1 Å². The van der Waals surface area contributed by atoms with Crippen LogP contribution in [-0.2, 0) is 4.79 Å². The van der Waals surface area contributed by atoms with E-state index in [9.17, 15) is 4.79 Å². The molecule has 0 saturated carbocycles. The quantitative estimate of drug-likeness (QED) is 0.486. The van der Waals surface area contributed by atoms with Crippen molar-refractivity contribution in [3.63, 3.8) is 0 Å². The van der Waals surface area contributed by atoms with E-state index in [0.29, 0.717) is 6.04 Å². The highest BCUT2D eigenvalue weighted by Crippen LogP contribution is 2.22. The summed E-state index contributed by atoms with van der Waals surface area (Å²) < 4.78 is 0. The monoisotopic (exact) mass is 381 g/mol. The summed E-state index contributed by atoms with van der Waals surface area (Å²) in [6.45, 7) is 8.13. The summed E-state index contributed by atoms with van der Waals surface area (Å²) in [7, 11) is 0. The van der Waals surface area contributed by atoms with Crippen LogP contribution < -0.4 is 16.0 Å². The van der Waals surface area contributed by atoms with Gasteiger partial charge in [0.05, 0.1) is 12.1 Å². The molecule has 0 heterocycles. The largest absolute Gasteiger partial charge is 0.344 e. The van der Waals surface area contributed by atoms with E-state index in [4.69, 9.17) is 0 Å². The van der Waals surface area contributed by atoms with Crippen molar-refractivity contribution in [3.05, 3.63) is 71.8 Å². The third kappa shape index (κ3) is 7.45. The molecule has 0 aliphatic heterocycles. The number of hydrogen-bond donors (Lipinski definition) is 3. The van der Waals surface area contributed by atoms with Crippen LogP contribution in [0.15, 0.2) is 60.7 Å². The van der Waals surface area contributed by atoms with Crippen LogP contribution >= 0.6 is 0 Å². The van der Waals surface area contributed by atoms with Crippen molar-refractivity contribution in [2.24, 2.45) is 0 Å². The van der Waals surface area contributed by atoms with Gasteiger partial charge in [-0.1, -0.05) is 87.9 Å². The van der Waals surface area contributed by atoms with Crippen LogP contribution in [0.25, 0.3) is 0 Å². The van der Waals surface area contributed by atoms with Crippen LogP contribution in [0.1, 0.15) is 57.2 Å². The topological polar surface area (TPSA) is 53.2 Å². The Morgan fingerprint density at radius 3 is 1.93 bits per heavy atom. The third-order valence-corrected chi connectivity index (χ3v) is 4.79. The van der Waals surface area contributed by atoms with E-state index >= 15 is 0 Å². The van der Waals surface area contributed by atoms with Crippen LogP contribution in [0, 0.1) is 0 Å². The fraction of sp³-hybridized carbons (Fsp3) is 0.458. The first-order valence-corrected chi connectivity index (χ1v) is 10.5. The SMILES string of the molecule is CCN[C@@H](CCCCNC(C)C)C(=O)NC(c1ccccc1)c1ccccc1. The Morgan fingerprint density at radius 2 is 1.43 bits per heavy atom. The van der Waals surface area contributed by atoms with Crippen molar-refractivity contribution in [2.45, 2.75) is 58.2 Å². The van der Waals surface area contributed by atoms with Crippen LogP contribution in [0.2, 0.25) is 0 Å². The maximum Gasteiger partial charge on any atom is 0.237 e. The molecule has 0 aliphatic carbocycles. The Labute approximate surface area is 170 Å². The van der Waals surface area contributed by atoms with Gasteiger partial charge in [0.1, 0.15) is 0 Å². The third-order valence-electron chi connectivity index (χ3n) is 4.79. The number of amides is 1. The van der Waals surface area contributed by atoms with Crippen LogP contribution in [0.3, 0.4) is 0 Å². The summed E-state index contributed by atoms with van der Waals surface area (Å²) in [5.74, 6) is 0.0661. The molecule has 0 aliphatic rings. The van der Waals surface area contributed by atoms with Crippen molar-refractivity contribution in [1.82, 2.24) is 16.0 Å². The first kappa shape index (κ1) is 22.1.